The Morgan fingerprint density at radius 2 is 1.96 bits per heavy atom. The molecule has 1 aliphatic rings. The monoisotopic (exact) mass is 413 g/mol. The fraction of sp³-hybridized carbons (Fsp3) is 0.250. The Morgan fingerprint density at radius 1 is 1.22 bits per heavy atom. The Balaban J connectivity index is 1.50. The molecule has 2 aromatic carbocycles. The third-order valence-corrected chi connectivity index (χ3v) is 6.99. The molecule has 4 nitrogen and oxygen atoms in total. The van der Waals surface area contributed by atoms with Crippen LogP contribution in [-0.2, 0) is 11.2 Å². The summed E-state index contributed by atoms with van der Waals surface area (Å²) in [5, 5.41) is 4.58. The maximum Gasteiger partial charge on any atom is 0.237 e. The van der Waals surface area contributed by atoms with Gasteiger partial charge in [-0.2, -0.15) is 0 Å². The Hall–Kier alpha value is -1.96. The van der Waals surface area contributed by atoms with Crippen molar-refractivity contribution >= 4 is 46.9 Å². The summed E-state index contributed by atoms with van der Waals surface area (Å²) in [6.45, 7) is 2.12. The van der Waals surface area contributed by atoms with Crippen LogP contribution in [0.25, 0.3) is 5.69 Å². The van der Waals surface area contributed by atoms with Gasteiger partial charge in [-0.3, -0.25) is 4.79 Å². The molecule has 1 aromatic heterocycles. The second-order valence-electron chi connectivity index (χ2n) is 6.45. The van der Waals surface area contributed by atoms with Gasteiger partial charge in [0.15, 0.2) is 8.29 Å². The Labute approximate surface area is 171 Å². The predicted octanol–water partition coefficient (Wildman–Crippen LogP) is 5.12. The van der Waals surface area contributed by atoms with E-state index in [1.807, 2.05) is 53.4 Å². The number of anilines is 1. The first-order valence-corrected chi connectivity index (χ1v) is 11.0. The Kier molecular flexibility index (Phi) is 5.43. The minimum Gasteiger partial charge on any atom is -0.309 e. The van der Waals surface area contributed by atoms with Crippen molar-refractivity contribution in [3.05, 3.63) is 64.1 Å². The number of hydrogen-bond acceptors (Lipinski definition) is 5. The van der Waals surface area contributed by atoms with E-state index < -0.39 is 0 Å². The van der Waals surface area contributed by atoms with Crippen molar-refractivity contribution in [1.29, 1.82) is 0 Å². The second kappa shape index (κ2) is 7.96. The third kappa shape index (κ3) is 3.85. The molecular formula is C20H19N3OS3. The van der Waals surface area contributed by atoms with E-state index >= 15 is 0 Å². The maximum absolute atomic E-state index is 13.0. The van der Waals surface area contributed by atoms with Gasteiger partial charge in [0, 0.05) is 11.7 Å². The van der Waals surface area contributed by atoms with Crippen LogP contribution in [0.2, 0.25) is 0 Å². The molecule has 0 spiro atoms. The van der Waals surface area contributed by atoms with Gasteiger partial charge in [0.2, 0.25) is 5.91 Å². The highest BCUT2D eigenvalue weighted by Gasteiger charge is 2.28. The van der Waals surface area contributed by atoms with E-state index in [-0.39, 0.29) is 11.9 Å². The summed E-state index contributed by atoms with van der Waals surface area (Å²) in [5.41, 5.74) is 3.23. The van der Waals surface area contributed by atoms with Crippen LogP contribution in [0.15, 0.2) is 58.9 Å². The van der Waals surface area contributed by atoms with Crippen molar-refractivity contribution in [3.8, 4) is 5.69 Å². The summed E-state index contributed by atoms with van der Waals surface area (Å²) in [4.78, 5) is 14.9. The van der Waals surface area contributed by atoms with Crippen LogP contribution in [0.4, 0.5) is 5.69 Å². The number of carbonyl (C=O) groups is 1. The molecule has 0 aliphatic carbocycles. The first kappa shape index (κ1) is 18.4. The van der Waals surface area contributed by atoms with E-state index in [1.165, 1.54) is 28.7 Å². The lowest BCUT2D eigenvalue weighted by Crippen LogP contribution is -2.43. The number of aryl methyl sites for hydroxylation is 1. The zero-order chi connectivity index (χ0) is 18.8. The predicted molar refractivity (Wildman–Crippen MR) is 115 cm³/mol. The van der Waals surface area contributed by atoms with Crippen molar-refractivity contribution in [2.45, 2.75) is 30.1 Å². The largest absolute Gasteiger partial charge is 0.309 e. The van der Waals surface area contributed by atoms with E-state index in [0.717, 1.165) is 28.6 Å². The Morgan fingerprint density at radius 3 is 2.78 bits per heavy atom. The number of fused-ring (bicyclic) bond motifs is 1. The second-order valence-corrected chi connectivity index (χ2v) is 9.30. The lowest BCUT2D eigenvalue weighted by atomic mass is 9.97. The highest BCUT2D eigenvalue weighted by molar-refractivity contribution is 8.01. The molecule has 2 heterocycles. The molecule has 27 heavy (non-hydrogen) atoms. The maximum atomic E-state index is 13.0. The van der Waals surface area contributed by atoms with Gasteiger partial charge in [-0.25, -0.2) is 4.68 Å². The Bertz CT molecular complexity index is 1010. The van der Waals surface area contributed by atoms with E-state index in [9.17, 15) is 4.79 Å². The number of carbonyl (C=O) groups excluding carboxylic acids is 1. The lowest BCUT2D eigenvalue weighted by molar-refractivity contribution is -0.116. The molecule has 0 N–H and O–H groups in total. The topological polar surface area (TPSA) is 38.1 Å². The number of aromatic nitrogens is 2. The summed E-state index contributed by atoms with van der Waals surface area (Å²) in [5.74, 6) is 0.475. The first-order valence-electron chi connectivity index (χ1n) is 8.82. The molecule has 1 amide bonds. The summed E-state index contributed by atoms with van der Waals surface area (Å²) in [6.07, 6.45) is 2.02. The van der Waals surface area contributed by atoms with Crippen LogP contribution in [0.5, 0.6) is 0 Å². The summed E-state index contributed by atoms with van der Waals surface area (Å²) in [7, 11) is 0. The summed E-state index contributed by atoms with van der Waals surface area (Å²) >= 11 is 8.34. The molecule has 1 unspecified atom stereocenters. The van der Waals surface area contributed by atoms with Crippen LogP contribution < -0.4 is 4.90 Å². The minimum atomic E-state index is 0.118. The standard InChI is InChI=1S/C20H19N3OS3/c1-14-11-12-15-7-5-6-10-17(15)22(14)18(24)13-26-19-21-23(20(25)27-19)16-8-3-2-4-9-16/h2-10,14H,11-13H2,1H3. The van der Waals surface area contributed by atoms with Gasteiger partial charge in [-0.05, 0) is 55.7 Å². The molecule has 0 saturated carbocycles. The van der Waals surface area contributed by atoms with Gasteiger partial charge in [0.1, 0.15) is 0 Å². The number of nitrogens with zero attached hydrogens (tertiary/aromatic N) is 3. The average Bonchev–Trinajstić information content (AvgIpc) is 3.07. The van der Waals surface area contributed by atoms with Crippen LogP contribution in [0, 0.1) is 3.95 Å². The average molecular weight is 414 g/mol. The minimum absolute atomic E-state index is 0.118. The number of rotatable bonds is 4. The summed E-state index contributed by atoms with van der Waals surface area (Å²) < 4.78 is 3.26. The third-order valence-electron chi connectivity index (χ3n) is 4.64. The van der Waals surface area contributed by atoms with Crippen LogP contribution in [-0.4, -0.2) is 27.5 Å². The molecular weight excluding hydrogens is 394 g/mol. The van der Waals surface area contributed by atoms with Crippen molar-refractivity contribution in [3.63, 3.8) is 0 Å². The number of amides is 1. The fourth-order valence-electron chi connectivity index (χ4n) is 3.31. The number of hydrogen-bond donors (Lipinski definition) is 0. The zero-order valence-corrected chi connectivity index (χ0v) is 17.3. The van der Waals surface area contributed by atoms with Crippen LogP contribution >= 0.6 is 35.3 Å². The van der Waals surface area contributed by atoms with Gasteiger partial charge < -0.3 is 4.90 Å². The lowest BCUT2D eigenvalue weighted by Gasteiger charge is -2.35. The summed E-state index contributed by atoms with van der Waals surface area (Å²) in [6, 6.07) is 18.2. The first-order chi connectivity index (χ1) is 13.1. The van der Waals surface area contributed by atoms with E-state index in [0.29, 0.717) is 9.71 Å². The van der Waals surface area contributed by atoms with Crippen molar-refractivity contribution in [1.82, 2.24) is 9.78 Å². The highest BCUT2D eigenvalue weighted by Crippen LogP contribution is 2.32. The number of benzene rings is 2. The molecule has 0 fully saturated rings. The van der Waals surface area contributed by atoms with Crippen molar-refractivity contribution < 1.29 is 4.79 Å². The highest BCUT2D eigenvalue weighted by atomic mass is 32.2. The molecule has 3 aromatic rings. The molecule has 0 saturated heterocycles. The van der Waals surface area contributed by atoms with Gasteiger partial charge in [0.05, 0.1) is 11.4 Å². The molecule has 7 heteroatoms. The van der Waals surface area contributed by atoms with Gasteiger partial charge in [-0.15, -0.1) is 5.10 Å². The van der Waals surface area contributed by atoms with Crippen molar-refractivity contribution in [2.75, 3.05) is 10.7 Å². The van der Waals surface area contributed by atoms with Gasteiger partial charge in [-0.1, -0.05) is 59.5 Å². The number of thioether (sulfide) groups is 1. The van der Waals surface area contributed by atoms with Crippen molar-refractivity contribution in [2.24, 2.45) is 0 Å². The van der Waals surface area contributed by atoms with E-state index in [1.54, 1.807) is 4.68 Å². The SMILES string of the molecule is CC1CCc2ccccc2N1C(=O)CSc1nn(-c2ccccc2)c(=S)s1. The van der Waals surface area contributed by atoms with E-state index in [2.05, 4.69) is 18.1 Å². The smallest absolute Gasteiger partial charge is 0.237 e. The van der Waals surface area contributed by atoms with Crippen LogP contribution in [0.1, 0.15) is 18.9 Å². The molecule has 4 rings (SSSR count). The fourth-order valence-corrected chi connectivity index (χ4v) is 5.53. The van der Waals surface area contributed by atoms with E-state index in [4.69, 9.17) is 12.2 Å². The molecule has 1 aliphatic heterocycles. The normalized spacial score (nSPS) is 16.2. The molecule has 0 bridgehead atoms. The zero-order valence-electron chi connectivity index (χ0n) is 14.9. The van der Waals surface area contributed by atoms with Crippen LogP contribution in [0.3, 0.4) is 0 Å². The molecule has 1 atom stereocenters. The molecule has 138 valence electrons. The quantitative estimate of drug-likeness (QED) is 0.439. The van der Waals surface area contributed by atoms with Gasteiger partial charge in [0.25, 0.3) is 0 Å². The van der Waals surface area contributed by atoms with Gasteiger partial charge >= 0.3 is 0 Å². The molecule has 0 radical (unpaired) electrons. The number of para-hydroxylation sites is 2.